The molecule has 0 saturated carbocycles. The van der Waals surface area contributed by atoms with Crippen LogP contribution in [-0.2, 0) is 71.1 Å². The summed E-state index contributed by atoms with van der Waals surface area (Å²) in [6.45, 7) is -3.92. The first-order valence-electron chi connectivity index (χ1n) is 44.9. The van der Waals surface area contributed by atoms with Gasteiger partial charge in [-0.25, -0.2) is 33.6 Å². The summed E-state index contributed by atoms with van der Waals surface area (Å²) in [5, 5.41) is 12.9. The van der Waals surface area contributed by atoms with Crippen molar-refractivity contribution in [2.24, 2.45) is 0 Å². The van der Waals surface area contributed by atoms with Crippen LogP contribution in [0.25, 0.3) is 0 Å². The molecule has 8 amide bonds. The average Bonchev–Trinajstić information content (AvgIpc) is 1.64. The minimum atomic E-state index is -2.50. The van der Waals surface area contributed by atoms with Gasteiger partial charge >= 0.3 is 41.8 Å². The zero-order chi connectivity index (χ0) is 97.8. The van der Waals surface area contributed by atoms with E-state index in [2.05, 4.69) is 0 Å². The lowest BCUT2D eigenvalue weighted by Gasteiger charge is -2.53. The number of fused-ring (bicyclic) bond motifs is 4. The number of aliphatic hydroxyl groups is 1. The molecule has 4 fully saturated rings. The van der Waals surface area contributed by atoms with Crippen LogP contribution in [0.4, 0.5) is 0 Å². The van der Waals surface area contributed by atoms with Crippen molar-refractivity contribution in [1.29, 1.82) is 0 Å². The van der Waals surface area contributed by atoms with Gasteiger partial charge in [0.05, 0.1) is 95.6 Å². The maximum absolute atomic E-state index is 16.2. The van der Waals surface area contributed by atoms with E-state index in [-0.39, 0.29) is 83.5 Å². The molecule has 0 aliphatic carbocycles. The summed E-state index contributed by atoms with van der Waals surface area (Å²) in [7, 11) is 1.14. The van der Waals surface area contributed by atoms with Crippen molar-refractivity contribution in [3.63, 3.8) is 0 Å². The Bertz CT molecular complexity index is 6530. The van der Waals surface area contributed by atoms with E-state index in [4.69, 9.17) is 71.1 Å². The molecule has 8 heterocycles. The lowest BCUT2D eigenvalue weighted by molar-refractivity contribution is -0.360. The summed E-state index contributed by atoms with van der Waals surface area (Å²) in [5.41, 5.74) is -2.13. The van der Waals surface area contributed by atoms with E-state index < -0.39 is 238 Å². The number of imide groups is 4. The van der Waals surface area contributed by atoms with Gasteiger partial charge in [-0.2, -0.15) is 0 Å². The van der Waals surface area contributed by atoms with Crippen LogP contribution in [0.1, 0.15) is 162 Å². The van der Waals surface area contributed by atoms with Crippen molar-refractivity contribution in [2.45, 2.75) is 123 Å². The van der Waals surface area contributed by atoms with Crippen LogP contribution in [0.3, 0.4) is 0 Å². The average molecular weight is 1910 g/mol. The first-order chi connectivity index (χ1) is 68.6. The van der Waals surface area contributed by atoms with Gasteiger partial charge in [-0.3, -0.25) is 58.0 Å². The molecule has 19 atom stereocenters. The number of carbonyl (C=O) groups excluding carboxylic acids is 15. The topological polar surface area (TPSA) is 428 Å². The van der Waals surface area contributed by atoms with E-state index in [1.807, 2.05) is 0 Å². The van der Waals surface area contributed by atoms with E-state index in [0.29, 0.717) is 9.80 Å². The maximum atomic E-state index is 16.2. The quantitative estimate of drug-likeness (QED) is 0.0258. The molecule has 4 saturated heterocycles. The highest BCUT2D eigenvalue weighted by Crippen LogP contribution is 2.46. The molecule has 8 aliphatic heterocycles. The number of esters is 7. The van der Waals surface area contributed by atoms with Crippen molar-refractivity contribution in [3.8, 4) is 0 Å². The van der Waals surface area contributed by atoms with E-state index >= 15 is 52.7 Å². The highest BCUT2D eigenvalue weighted by atomic mass is 16.8. The second-order valence-corrected chi connectivity index (χ2v) is 33.7. The third-order valence-corrected chi connectivity index (χ3v) is 25.3. The second-order valence-electron chi connectivity index (χ2n) is 33.7. The van der Waals surface area contributed by atoms with Gasteiger partial charge in [0.1, 0.15) is 87.3 Å². The molecule has 0 spiro atoms. The molecular formula is C106H84N4O31. The van der Waals surface area contributed by atoms with Gasteiger partial charge in [-0.1, -0.05) is 176 Å². The van der Waals surface area contributed by atoms with Crippen LogP contribution < -0.4 is 0 Å². The van der Waals surface area contributed by atoms with Gasteiger partial charge in [0.15, 0.2) is 43.5 Å². The Morgan fingerprint density at radius 3 is 0.801 bits per heavy atom. The zero-order valence-corrected chi connectivity index (χ0v) is 74.4. The summed E-state index contributed by atoms with van der Waals surface area (Å²) < 4.78 is 101. The Balaban J connectivity index is 0.791. The molecule has 0 bridgehead atoms. The second kappa shape index (κ2) is 40.9. The largest absolute Gasteiger partial charge is 0.459 e. The van der Waals surface area contributed by atoms with Crippen molar-refractivity contribution in [1.82, 2.24) is 19.6 Å². The maximum Gasteiger partial charge on any atom is 0.338 e. The fourth-order valence-electron chi connectivity index (χ4n) is 18.5. The number of rotatable bonds is 29. The number of benzene rings is 11. The van der Waals surface area contributed by atoms with Crippen LogP contribution in [0.5, 0.6) is 0 Å². The lowest BCUT2D eigenvalue weighted by Crippen LogP contribution is -2.72. The standard InChI is InChI=1S/C106H84N4O31/c1-127-104-80(109-92(116)69-49-27-28-50-70(69)93(109)117)86(138-101(125)63-41-19-7-20-42-63)84(77(135-104)56-130-98(122)60-35-13-4-14-36-60)141-106-81(110-94(118)71-51-29-30-52-72(71)95(110)119)87(139-102(126)64-43-21-8-22-44-64)83(78(136-106)57-131-99(123)61-37-15-5-16-38-61)140-103-73(107-88(112)65-45-23-24-46-66(65)89(107)113)53-74(75(133-103)54-128-96(120)58-31-9-2-10-32-58)132-105-79(108-90(114)67-47-25-26-48-68(67)91(108)115)85(137-100(124)62-39-17-6-18-40-62)82(111)76(134-105)55-129-97(121)59-33-11-3-12-34-59/h2-52,73-87,103-106,111H,53-57H2,1H3/t73-,74-,75?,76?,77?,78?,79+,80-,81+,82?,83?,84+,85+,86?,87+,103+,104-,105?,106?/m0/s1. The summed E-state index contributed by atoms with van der Waals surface area (Å²) in [6.07, 6.45) is -33.1. The number of hydrogen-bond donors (Lipinski definition) is 1. The number of carbonyl (C=O) groups is 15. The first-order valence-corrected chi connectivity index (χ1v) is 44.9. The van der Waals surface area contributed by atoms with Gasteiger partial charge in [-0.05, 0) is 133 Å². The third-order valence-electron chi connectivity index (χ3n) is 25.3. The molecule has 0 aromatic heterocycles. The highest BCUT2D eigenvalue weighted by Gasteiger charge is 2.65. The number of methoxy groups -OCH3 is 1. The van der Waals surface area contributed by atoms with Crippen LogP contribution in [0, 0.1) is 0 Å². The van der Waals surface area contributed by atoms with Crippen LogP contribution >= 0.6 is 0 Å². The molecule has 35 nitrogen and oxygen atoms in total. The number of amides is 8. The normalized spacial score (nSPS) is 25.5. The van der Waals surface area contributed by atoms with Crippen molar-refractivity contribution in [3.05, 3.63) is 393 Å². The fraction of sp³-hybridized carbons (Fsp3) is 0.236. The number of hydrogen-bond acceptors (Lipinski definition) is 31. The predicted octanol–water partition coefficient (Wildman–Crippen LogP) is 10.2. The molecule has 141 heavy (non-hydrogen) atoms. The molecule has 8 aliphatic rings. The summed E-state index contributed by atoms with van der Waals surface area (Å²) in [4.78, 5) is 233. The Morgan fingerprint density at radius 2 is 0.489 bits per heavy atom. The van der Waals surface area contributed by atoms with Crippen molar-refractivity contribution >= 4 is 89.0 Å². The molecule has 19 rings (SSSR count). The van der Waals surface area contributed by atoms with Crippen LogP contribution in [-0.4, -0.2) is 264 Å². The minimum absolute atomic E-state index is 0.00134. The minimum Gasteiger partial charge on any atom is -0.459 e. The Kier molecular flexibility index (Phi) is 27.2. The molecule has 9 unspecified atom stereocenters. The number of ether oxygens (including phenoxy) is 15. The van der Waals surface area contributed by atoms with Crippen LogP contribution in [0.2, 0.25) is 0 Å². The molecule has 11 aromatic rings. The van der Waals surface area contributed by atoms with Gasteiger partial charge in [0.25, 0.3) is 47.3 Å². The summed E-state index contributed by atoms with van der Waals surface area (Å²) in [6, 6.07) is 65.8. The Hall–Kier alpha value is -16.1. The van der Waals surface area contributed by atoms with Gasteiger partial charge in [0.2, 0.25) is 0 Å². The number of nitrogens with zero attached hydrogens (tertiary/aromatic N) is 4. The summed E-state index contributed by atoms with van der Waals surface area (Å²) >= 11 is 0. The predicted molar refractivity (Wildman–Crippen MR) is 484 cm³/mol. The Morgan fingerprint density at radius 1 is 0.262 bits per heavy atom. The molecule has 35 heteroatoms. The fourth-order valence-corrected chi connectivity index (χ4v) is 18.5. The van der Waals surface area contributed by atoms with E-state index in [9.17, 15) is 24.3 Å². The van der Waals surface area contributed by atoms with Crippen molar-refractivity contribution < 1.29 is 148 Å². The smallest absolute Gasteiger partial charge is 0.338 e. The molecule has 11 aromatic carbocycles. The van der Waals surface area contributed by atoms with Gasteiger partial charge < -0.3 is 76.2 Å². The third kappa shape index (κ3) is 18.7. The van der Waals surface area contributed by atoms with Gasteiger partial charge in [0, 0.05) is 13.5 Å². The van der Waals surface area contributed by atoms with E-state index in [1.54, 1.807) is 66.7 Å². The van der Waals surface area contributed by atoms with E-state index in [0.717, 1.165) is 16.9 Å². The van der Waals surface area contributed by atoms with Crippen molar-refractivity contribution in [2.75, 3.05) is 33.5 Å². The molecular weight excluding hydrogens is 1830 g/mol. The van der Waals surface area contributed by atoms with E-state index in [1.165, 1.54) is 243 Å². The molecule has 0 radical (unpaired) electrons. The monoisotopic (exact) mass is 1910 g/mol. The lowest BCUT2D eigenvalue weighted by atomic mass is 9.92. The number of aliphatic hydroxyl groups excluding tert-OH is 1. The highest BCUT2D eigenvalue weighted by molar-refractivity contribution is 6.24. The SMILES string of the molecule is CO[C@H]1OC(COC(=O)c2ccccc2)[C@@H](OC2OC(COC(=O)c3ccccc3)C(O[C@H]3OC(COC(=O)c4ccccc4)[C@@H](OC4OC(COC(=O)c5ccccc5)C(O)[C@H](OC(=O)c5ccccc5)[C@H]4N4C(=O)c5ccccc5C4=O)C[C@@H]3N3C(=O)c4ccccc4C3=O)[C@H](OC(=O)c3ccccc3)[C@H]2N2C(=O)c3ccccc3C2=O)C(OC(=O)c2ccccc2)[C@@H]1N1C(=O)c2ccccc2C1=O. The molecule has 1 N–H and O–H groups in total. The zero-order valence-electron chi connectivity index (χ0n) is 74.4. The molecule has 714 valence electrons. The van der Waals surface area contributed by atoms with Crippen LogP contribution in [0.15, 0.2) is 309 Å². The Labute approximate surface area is 802 Å². The van der Waals surface area contributed by atoms with Gasteiger partial charge in [-0.15, -0.1) is 0 Å². The first kappa shape index (κ1) is 93.9. The summed E-state index contributed by atoms with van der Waals surface area (Å²) in [5.74, 6) is -16.0.